The zero-order chi connectivity index (χ0) is 34.6. The summed E-state index contributed by atoms with van der Waals surface area (Å²) >= 11 is 0. The zero-order valence-electron chi connectivity index (χ0n) is 30.2. The van der Waals surface area contributed by atoms with E-state index in [-0.39, 0.29) is 53.4 Å². The highest BCUT2D eigenvalue weighted by molar-refractivity contribution is 6.01. The first-order valence-electron chi connectivity index (χ1n) is 19.3. The molecule has 0 N–H and O–H groups in total. The van der Waals surface area contributed by atoms with E-state index in [1.807, 2.05) is 6.08 Å². The summed E-state index contributed by atoms with van der Waals surface area (Å²) in [6, 6.07) is 2.15. The lowest BCUT2D eigenvalue weighted by Gasteiger charge is -2.52. The van der Waals surface area contributed by atoms with Gasteiger partial charge >= 0.3 is 5.97 Å². The summed E-state index contributed by atoms with van der Waals surface area (Å²) in [4.78, 5) is 58.2. The predicted molar refractivity (Wildman–Crippen MR) is 194 cm³/mol. The number of hydrogen-bond acceptors (Lipinski definition) is 10. The van der Waals surface area contributed by atoms with Gasteiger partial charge in [0.15, 0.2) is 11.6 Å². The molecule has 1 aromatic rings. The molecular weight excluding hydrogens is 628 g/mol. The summed E-state index contributed by atoms with van der Waals surface area (Å²) in [6.45, 7) is 14.0. The summed E-state index contributed by atoms with van der Waals surface area (Å²) < 4.78 is 5.71. The molecule has 3 saturated heterocycles. The van der Waals surface area contributed by atoms with Gasteiger partial charge in [-0.05, 0) is 93.6 Å². The molecule has 0 unspecified atom stereocenters. The number of carbonyl (C=O) groups excluding carboxylic acids is 3. The van der Waals surface area contributed by atoms with Crippen molar-refractivity contribution in [2.45, 2.75) is 72.1 Å². The number of rotatable bonds is 8. The third-order valence-corrected chi connectivity index (χ3v) is 13.6. The van der Waals surface area contributed by atoms with E-state index < -0.39 is 0 Å². The molecule has 8 rings (SSSR count). The van der Waals surface area contributed by atoms with Crippen LogP contribution in [0.5, 0.6) is 0 Å². The minimum atomic E-state index is -0.321. The normalized spacial score (nSPS) is 33.9. The van der Waals surface area contributed by atoms with Gasteiger partial charge in [-0.25, -0.2) is 0 Å². The molecule has 10 nitrogen and oxygen atoms in total. The number of esters is 1. The van der Waals surface area contributed by atoms with Crippen molar-refractivity contribution >= 4 is 35.1 Å². The molecule has 268 valence electrons. The van der Waals surface area contributed by atoms with Gasteiger partial charge in [0.25, 0.3) is 0 Å². The molecule has 0 amide bonds. The maximum Gasteiger partial charge on any atom is 0.320 e. The summed E-state index contributed by atoms with van der Waals surface area (Å²) in [7, 11) is 0. The van der Waals surface area contributed by atoms with Crippen molar-refractivity contribution < 1.29 is 19.1 Å². The van der Waals surface area contributed by atoms with Crippen molar-refractivity contribution in [1.82, 2.24) is 14.9 Å². The Kier molecular flexibility index (Phi) is 8.89. The fraction of sp³-hybridized carbons (Fsp3) is 0.675. The average molecular weight is 683 g/mol. The molecule has 10 heteroatoms. The maximum absolute atomic E-state index is 13.9. The molecule has 50 heavy (non-hydrogen) atoms. The Hall–Kier alpha value is -3.53. The summed E-state index contributed by atoms with van der Waals surface area (Å²) in [5.41, 5.74) is 2.33. The van der Waals surface area contributed by atoms with E-state index in [4.69, 9.17) is 14.7 Å². The molecule has 2 saturated carbocycles. The Labute approximate surface area is 297 Å². The number of ketones is 2. The topological polar surface area (TPSA) is 99.2 Å². The Morgan fingerprint density at radius 2 is 1.58 bits per heavy atom. The van der Waals surface area contributed by atoms with E-state index in [0.29, 0.717) is 11.8 Å². The lowest BCUT2D eigenvalue weighted by atomic mass is 9.52. The lowest BCUT2D eigenvalue weighted by Crippen LogP contribution is -2.49. The van der Waals surface area contributed by atoms with Gasteiger partial charge in [-0.1, -0.05) is 37.1 Å². The Bertz CT molecular complexity index is 1580. The number of carbonyl (C=O) groups is 3. The number of Topliss-reactive ketones (excluding diaryl/α,β-unsaturated/α-hetero) is 1. The van der Waals surface area contributed by atoms with Crippen LogP contribution in [-0.4, -0.2) is 97.9 Å². The molecule has 6 atom stereocenters. The highest BCUT2D eigenvalue weighted by atomic mass is 16.5. The molecule has 0 radical (unpaired) electrons. The van der Waals surface area contributed by atoms with Crippen LogP contribution < -0.4 is 14.7 Å². The van der Waals surface area contributed by atoms with Crippen LogP contribution in [0.4, 0.5) is 17.6 Å². The zero-order valence-corrected chi connectivity index (χ0v) is 30.2. The minimum absolute atomic E-state index is 0.0645. The Morgan fingerprint density at radius 3 is 2.28 bits per heavy atom. The van der Waals surface area contributed by atoms with Crippen molar-refractivity contribution in [2.24, 2.45) is 34.5 Å². The van der Waals surface area contributed by atoms with Crippen LogP contribution in [0.3, 0.4) is 0 Å². The van der Waals surface area contributed by atoms with E-state index >= 15 is 0 Å². The van der Waals surface area contributed by atoms with Crippen LogP contribution >= 0.6 is 0 Å². The minimum Gasteiger partial charge on any atom is -0.457 e. The first kappa shape index (κ1) is 33.6. The largest absolute Gasteiger partial charge is 0.457 e. The Balaban J connectivity index is 0.863. The molecule has 0 bridgehead atoms. The molecule has 3 aliphatic heterocycles. The maximum atomic E-state index is 13.9. The van der Waals surface area contributed by atoms with Gasteiger partial charge in [0.1, 0.15) is 18.2 Å². The number of ether oxygens (including phenoxy) is 1. The number of nitrogens with zero attached hydrogens (tertiary/aromatic N) is 6. The highest BCUT2D eigenvalue weighted by Crippen LogP contribution is 2.65. The summed E-state index contributed by atoms with van der Waals surface area (Å²) in [5.74, 6) is 3.63. The number of aromatic nitrogens is 2. The number of allylic oxidation sites excluding steroid dienone is 6. The molecule has 7 aliphatic rings. The van der Waals surface area contributed by atoms with Gasteiger partial charge in [-0.2, -0.15) is 9.97 Å². The lowest BCUT2D eigenvalue weighted by molar-refractivity contribution is -0.151. The number of fused-ring (bicyclic) bond motifs is 5. The molecule has 5 fully saturated rings. The van der Waals surface area contributed by atoms with Crippen molar-refractivity contribution in [2.75, 3.05) is 80.2 Å². The first-order valence-corrected chi connectivity index (χ1v) is 19.3. The van der Waals surface area contributed by atoms with Gasteiger partial charge < -0.3 is 19.4 Å². The van der Waals surface area contributed by atoms with Crippen LogP contribution in [0.15, 0.2) is 41.5 Å². The third kappa shape index (κ3) is 5.99. The van der Waals surface area contributed by atoms with Gasteiger partial charge in [-0.3, -0.25) is 19.3 Å². The molecular formula is C40H54N6O4. The highest BCUT2D eigenvalue weighted by Gasteiger charge is 2.59. The van der Waals surface area contributed by atoms with E-state index in [1.54, 1.807) is 6.08 Å². The van der Waals surface area contributed by atoms with Crippen molar-refractivity contribution in [3.05, 3.63) is 41.5 Å². The second-order valence-corrected chi connectivity index (χ2v) is 16.6. The second-order valence-electron chi connectivity index (χ2n) is 16.6. The van der Waals surface area contributed by atoms with Crippen LogP contribution in [0.2, 0.25) is 0 Å². The van der Waals surface area contributed by atoms with Crippen molar-refractivity contribution in [3.63, 3.8) is 0 Å². The summed E-state index contributed by atoms with van der Waals surface area (Å²) in [6.07, 6.45) is 16.7. The van der Waals surface area contributed by atoms with Crippen LogP contribution in [-0.2, 0) is 19.1 Å². The quantitative estimate of drug-likeness (QED) is 0.275. The van der Waals surface area contributed by atoms with Crippen LogP contribution in [0.1, 0.15) is 72.1 Å². The molecule has 0 spiro atoms. The first-order chi connectivity index (χ1) is 24.1. The predicted octanol–water partition coefficient (Wildman–Crippen LogP) is 5.00. The average Bonchev–Trinajstić information content (AvgIpc) is 3.89. The fourth-order valence-corrected chi connectivity index (χ4v) is 10.9. The van der Waals surface area contributed by atoms with E-state index in [0.717, 1.165) is 95.6 Å². The molecule has 4 heterocycles. The van der Waals surface area contributed by atoms with E-state index in [9.17, 15) is 14.4 Å². The molecule has 1 aromatic heterocycles. The molecule has 0 aromatic carbocycles. The van der Waals surface area contributed by atoms with Gasteiger partial charge in [-0.15, -0.1) is 0 Å². The van der Waals surface area contributed by atoms with Crippen molar-refractivity contribution in [3.8, 4) is 0 Å². The second kappa shape index (κ2) is 13.2. The standard InChI is InChI=1S/C40H54N6O4/c1-27-22-32-30-9-8-28-23-29(47)10-12-39(28,2)31(30)11-13-40(32,3)37(27)33(48)26-50-36(49)25-43-18-20-45(21-19-43)35-24-34(44-14-4-5-15-44)41-38(42-35)46-16-6-7-17-46/h10-12,23-24,27,30,32,37H,4-9,13-22,25-26H2,1-3H3/t27-,30-,32+,37-,39+,40+/m1/s1. The third-order valence-electron chi connectivity index (χ3n) is 13.6. The number of hydrogen-bond donors (Lipinski definition) is 0. The molecule has 4 aliphatic carbocycles. The smallest absolute Gasteiger partial charge is 0.320 e. The van der Waals surface area contributed by atoms with Gasteiger partial charge in [0.05, 0.1) is 6.54 Å². The van der Waals surface area contributed by atoms with Crippen LogP contribution in [0, 0.1) is 34.5 Å². The number of anilines is 3. The Morgan fingerprint density at radius 1 is 0.920 bits per heavy atom. The van der Waals surface area contributed by atoms with E-state index in [2.05, 4.69) is 58.6 Å². The van der Waals surface area contributed by atoms with Crippen molar-refractivity contribution in [1.29, 1.82) is 0 Å². The summed E-state index contributed by atoms with van der Waals surface area (Å²) in [5, 5.41) is 0. The van der Waals surface area contributed by atoms with Gasteiger partial charge in [0, 0.05) is 69.8 Å². The van der Waals surface area contributed by atoms with Gasteiger partial charge in [0.2, 0.25) is 5.95 Å². The van der Waals surface area contributed by atoms with E-state index in [1.165, 1.54) is 36.8 Å². The SMILES string of the molecule is C[C@@H]1C[C@H]2[C@@H]3CCC4=CC(=O)C=C[C@]4(C)C3=CC[C@]2(C)[C@H]1C(=O)COC(=O)CN1CCN(c2cc(N3CCCC3)nc(N3CCCC3)n2)CC1. The van der Waals surface area contributed by atoms with Crippen LogP contribution in [0.25, 0.3) is 0 Å². The fourth-order valence-electron chi connectivity index (χ4n) is 10.9. The monoisotopic (exact) mass is 682 g/mol. The number of piperazine rings is 1.